The molecule has 0 bridgehead atoms. The number of rotatable bonds is 4. The lowest BCUT2D eigenvalue weighted by Gasteiger charge is -1.96. The fourth-order valence-electron chi connectivity index (χ4n) is 0.789. The average Bonchev–Trinajstić information content (AvgIpc) is 1.97. The summed E-state index contributed by atoms with van der Waals surface area (Å²) in [6, 6.07) is 0. The molecule has 0 heterocycles. The quantitative estimate of drug-likeness (QED) is 0.631. The standard InChI is InChI=1S/C9H14O2/c1-3-5-8(4-2)6-7-9(10)11/h3-5H,6-7H2,1-2H3,(H,10,11). The van der Waals surface area contributed by atoms with Crippen LogP contribution < -0.4 is 0 Å². The highest BCUT2D eigenvalue weighted by atomic mass is 16.4. The minimum absolute atomic E-state index is 0.212. The van der Waals surface area contributed by atoms with Crippen molar-refractivity contribution in [1.29, 1.82) is 0 Å². The van der Waals surface area contributed by atoms with E-state index in [4.69, 9.17) is 5.11 Å². The Morgan fingerprint density at radius 3 is 2.36 bits per heavy atom. The van der Waals surface area contributed by atoms with E-state index in [2.05, 4.69) is 0 Å². The van der Waals surface area contributed by atoms with E-state index in [0.29, 0.717) is 6.42 Å². The van der Waals surface area contributed by atoms with Gasteiger partial charge in [0.05, 0.1) is 0 Å². The molecule has 0 aromatic rings. The van der Waals surface area contributed by atoms with Crippen LogP contribution in [-0.4, -0.2) is 11.1 Å². The van der Waals surface area contributed by atoms with E-state index >= 15 is 0 Å². The molecule has 0 unspecified atom stereocenters. The molecular weight excluding hydrogens is 140 g/mol. The average molecular weight is 154 g/mol. The first-order chi connectivity index (χ1) is 5.20. The maximum atomic E-state index is 10.2. The fourth-order valence-corrected chi connectivity index (χ4v) is 0.789. The molecule has 62 valence electrons. The summed E-state index contributed by atoms with van der Waals surface area (Å²) in [6.45, 7) is 3.83. The first-order valence-corrected chi connectivity index (χ1v) is 3.70. The van der Waals surface area contributed by atoms with E-state index in [1.165, 1.54) is 0 Å². The Balaban J connectivity index is 3.81. The summed E-state index contributed by atoms with van der Waals surface area (Å²) in [5.74, 6) is -0.742. The second kappa shape index (κ2) is 5.71. The molecule has 2 nitrogen and oxygen atoms in total. The maximum Gasteiger partial charge on any atom is 0.303 e. The van der Waals surface area contributed by atoms with Gasteiger partial charge >= 0.3 is 5.97 Å². The van der Waals surface area contributed by atoms with E-state index in [1.807, 2.05) is 32.1 Å². The molecule has 0 spiro atoms. The molecule has 0 fully saturated rings. The SMILES string of the molecule is CC=CC(=CC)CCC(=O)O. The Morgan fingerprint density at radius 1 is 1.36 bits per heavy atom. The van der Waals surface area contributed by atoms with Gasteiger partial charge in [0.1, 0.15) is 0 Å². The summed E-state index contributed by atoms with van der Waals surface area (Å²) in [6.07, 6.45) is 6.61. The zero-order valence-electron chi connectivity index (χ0n) is 7.00. The van der Waals surface area contributed by atoms with Crippen LogP contribution in [0.3, 0.4) is 0 Å². The van der Waals surface area contributed by atoms with Crippen molar-refractivity contribution in [3.8, 4) is 0 Å². The van der Waals surface area contributed by atoms with Gasteiger partial charge in [-0.25, -0.2) is 0 Å². The number of hydrogen-bond donors (Lipinski definition) is 1. The Hall–Kier alpha value is -1.05. The Kier molecular flexibility index (Phi) is 5.17. The highest BCUT2D eigenvalue weighted by Gasteiger charge is 1.97. The second-order valence-electron chi connectivity index (χ2n) is 2.26. The van der Waals surface area contributed by atoms with E-state index < -0.39 is 5.97 Å². The van der Waals surface area contributed by atoms with Crippen LogP contribution in [0.25, 0.3) is 0 Å². The summed E-state index contributed by atoms with van der Waals surface area (Å²) in [5, 5.41) is 8.37. The zero-order valence-corrected chi connectivity index (χ0v) is 7.00. The van der Waals surface area contributed by atoms with Gasteiger partial charge in [-0.3, -0.25) is 4.79 Å². The predicted octanol–water partition coefficient (Wildman–Crippen LogP) is 2.37. The van der Waals surface area contributed by atoms with Crippen molar-refractivity contribution in [3.63, 3.8) is 0 Å². The van der Waals surface area contributed by atoms with Gasteiger partial charge in [-0.2, -0.15) is 0 Å². The normalized spacial score (nSPS) is 12.4. The summed E-state index contributed by atoms with van der Waals surface area (Å²) in [5.41, 5.74) is 1.08. The largest absolute Gasteiger partial charge is 0.481 e. The molecule has 0 rings (SSSR count). The summed E-state index contributed by atoms with van der Waals surface area (Å²) in [7, 11) is 0. The summed E-state index contributed by atoms with van der Waals surface area (Å²) < 4.78 is 0. The summed E-state index contributed by atoms with van der Waals surface area (Å²) in [4.78, 5) is 10.2. The highest BCUT2D eigenvalue weighted by molar-refractivity contribution is 5.67. The number of carbonyl (C=O) groups is 1. The third-order valence-electron chi connectivity index (χ3n) is 1.38. The van der Waals surface area contributed by atoms with E-state index in [0.717, 1.165) is 5.57 Å². The monoisotopic (exact) mass is 154 g/mol. The van der Waals surface area contributed by atoms with Gasteiger partial charge < -0.3 is 5.11 Å². The van der Waals surface area contributed by atoms with Crippen molar-refractivity contribution in [2.24, 2.45) is 0 Å². The molecule has 11 heavy (non-hydrogen) atoms. The van der Waals surface area contributed by atoms with Crippen LogP contribution in [0.4, 0.5) is 0 Å². The Bertz CT molecular complexity index is 178. The molecule has 0 atom stereocenters. The minimum Gasteiger partial charge on any atom is -0.481 e. The predicted molar refractivity (Wildman–Crippen MR) is 45.4 cm³/mol. The Labute approximate surface area is 67.2 Å². The zero-order chi connectivity index (χ0) is 8.69. The first kappa shape index (κ1) is 9.95. The minimum atomic E-state index is -0.742. The van der Waals surface area contributed by atoms with Gasteiger partial charge in [-0.15, -0.1) is 0 Å². The number of allylic oxidation sites excluding steroid dienone is 4. The number of carboxylic acid groups (broad SMARTS) is 1. The molecule has 0 saturated carbocycles. The highest BCUT2D eigenvalue weighted by Crippen LogP contribution is 2.05. The van der Waals surface area contributed by atoms with Crippen molar-refractivity contribution in [2.75, 3.05) is 0 Å². The van der Waals surface area contributed by atoms with Gasteiger partial charge in [0.25, 0.3) is 0 Å². The second-order valence-corrected chi connectivity index (χ2v) is 2.26. The molecule has 0 aromatic heterocycles. The van der Waals surface area contributed by atoms with Crippen molar-refractivity contribution in [1.82, 2.24) is 0 Å². The smallest absolute Gasteiger partial charge is 0.303 e. The van der Waals surface area contributed by atoms with Gasteiger partial charge in [0, 0.05) is 6.42 Å². The van der Waals surface area contributed by atoms with E-state index in [-0.39, 0.29) is 6.42 Å². The molecule has 0 aliphatic rings. The first-order valence-electron chi connectivity index (χ1n) is 3.70. The molecule has 0 aliphatic carbocycles. The fraction of sp³-hybridized carbons (Fsp3) is 0.444. The number of aliphatic carboxylic acids is 1. The maximum absolute atomic E-state index is 10.2. The van der Waals surface area contributed by atoms with E-state index in [9.17, 15) is 4.79 Å². The van der Waals surface area contributed by atoms with E-state index in [1.54, 1.807) is 0 Å². The lowest BCUT2D eigenvalue weighted by Crippen LogP contribution is -1.94. The molecule has 0 aromatic carbocycles. The molecule has 1 N–H and O–H groups in total. The molecule has 0 radical (unpaired) electrons. The van der Waals surface area contributed by atoms with Crippen molar-refractivity contribution in [2.45, 2.75) is 26.7 Å². The third-order valence-corrected chi connectivity index (χ3v) is 1.38. The van der Waals surface area contributed by atoms with Crippen LogP contribution in [0.15, 0.2) is 23.8 Å². The van der Waals surface area contributed by atoms with Crippen LogP contribution in [-0.2, 0) is 4.79 Å². The van der Waals surface area contributed by atoms with Gasteiger partial charge in [0.15, 0.2) is 0 Å². The Morgan fingerprint density at radius 2 is 2.00 bits per heavy atom. The number of carboxylic acids is 1. The van der Waals surface area contributed by atoms with Crippen molar-refractivity contribution >= 4 is 5.97 Å². The lowest BCUT2D eigenvalue weighted by molar-refractivity contribution is -0.136. The topological polar surface area (TPSA) is 37.3 Å². The van der Waals surface area contributed by atoms with Crippen LogP contribution in [0.2, 0.25) is 0 Å². The molecular formula is C9H14O2. The van der Waals surface area contributed by atoms with Crippen LogP contribution in [0, 0.1) is 0 Å². The van der Waals surface area contributed by atoms with Crippen LogP contribution >= 0.6 is 0 Å². The van der Waals surface area contributed by atoms with Crippen molar-refractivity contribution < 1.29 is 9.90 Å². The van der Waals surface area contributed by atoms with Crippen molar-refractivity contribution in [3.05, 3.63) is 23.8 Å². The van der Waals surface area contributed by atoms with Crippen LogP contribution in [0.1, 0.15) is 26.7 Å². The molecule has 0 aliphatic heterocycles. The van der Waals surface area contributed by atoms with Gasteiger partial charge in [-0.05, 0) is 20.3 Å². The lowest BCUT2D eigenvalue weighted by atomic mass is 10.1. The summed E-state index contributed by atoms with van der Waals surface area (Å²) >= 11 is 0. The number of hydrogen-bond acceptors (Lipinski definition) is 1. The van der Waals surface area contributed by atoms with Gasteiger partial charge in [0.2, 0.25) is 0 Å². The molecule has 0 saturated heterocycles. The molecule has 0 amide bonds. The van der Waals surface area contributed by atoms with Gasteiger partial charge in [-0.1, -0.05) is 23.8 Å². The molecule has 2 heteroatoms. The van der Waals surface area contributed by atoms with Crippen LogP contribution in [0.5, 0.6) is 0 Å². The third kappa shape index (κ3) is 5.40.